The fourth-order valence-electron chi connectivity index (χ4n) is 2.39. The number of likely N-dealkylation sites (tertiary alicyclic amines) is 1. The highest BCUT2D eigenvalue weighted by Crippen LogP contribution is 2.27. The van der Waals surface area contributed by atoms with Crippen LogP contribution in [0.15, 0.2) is 24.3 Å². The summed E-state index contributed by atoms with van der Waals surface area (Å²) in [6, 6.07) is 5.87. The van der Waals surface area contributed by atoms with Gasteiger partial charge in [0.05, 0.1) is 0 Å². The quantitative estimate of drug-likeness (QED) is 0.689. The lowest BCUT2D eigenvalue weighted by Gasteiger charge is -2.32. The number of aromatic hydroxyl groups is 1. The van der Waals surface area contributed by atoms with Gasteiger partial charge in [0.15, 0.2) is 5.78 Å². The van der Waals surface area contributed by atoms with E-state index in [2.05, 4.69) is 0 Å². The molecule has 4 nitrogen and oxygen atoms in total. The van der Waals surface area contributed by atoms with Gasteiger partial charge in [-0.2, -0.15) is 8.78 Å². The molecule has 7 heteroatoms. The molecule has 1 saturated heterocycles. The standard InChI is InChI=1S/C14H14ClF2NO3/c15-14(16,17)13(21)18-7-5-10(6-8-18)12(20)9-1-3-11(19)4-2-9/h1-4,10,19H,5-8H2. The molecule has 0 spiro atoms. The SMILES string of the molecule is O=C(c1ccc(O)cc1)C1CCN(C(=O)C(F)(F)Cl)CC1. The van der Waals surface area contributed by atoms with Gasteiger partial charge in [0.2, 0.25) is 0 Å². The van der Waals surface area contributed by atoms with Crippen LogP contribution in [-0.4, -0.2) is 40.2 Å². The molecule has 1 aliphatic heterocycles. The van der Waals surface area contributed by atoms with Crippen LogP contribution in [-0.2, 0) is 4.79 Å². The average molecular weight is 318 g/mol. The van der Waals surface area contributed by atoms with Gasteiger partial charge < -0.3 is 10.0 Å². The normalized spacial score (nSPS) is 16.8. The van der Waals surface area contributed by atoms with Crippen LogP contribution in [0.25, 0.3) is 0 Å². The number of rotatable bonds is 3. The highest BCUT2D eigenvalue weighted by molar-refractivity contribution is 6.32. The number of carbonyl (C=O) groups excluding carboxylic acids is 2. The largest absolute Gasteiger partial charge is 0.508 e. The zero-order valence-corrected chi connectivity index (χ0v) is 11.8. The highest BCUT2D eigenvalue weighted by Gasteiger charge is 2.41. The van der Waals surface area contributed by atoms with E-state index in [1.165, 1.54) is 24.3 Å². The van der Waals surface area contributed by atoms with Crippen LogP contribution >= 0.6 is 11.6 Å². The molecule has 0 saturated carbocycles. The molecule has 0 bridgehead atoms. The third kappa shape index (κ3) is 3.69. The number of halogens is 3. The molecule has 1 amide bonds. The topological polar surface area (TPSA) is 57.6 Å². The van der Waals surface area contributed by atoms with Crippen LogP contribution in [0.4, 0.5) is 8.78 Å². The summed E-state index contributed by atoms with van der Waals surface area (Å²) in [7, 11) is 0. The van der Waals surface area contributed by atoms with Crippen molar-refractivity contribution in [3.8, 4) is 5.75 Å². The van der Waals surface area contributed by atoms with Crippen LogP contribution in [0.2, 0.25) is 0 Å². The molecule has 0 atom stereocenters. The number of carbonyl (C=O) groups is 2. The molecule has 0 unspecified atom stereocenters. The molecule has 2 rings (SSSR count). The number of ketones is 1. The molecular weight excluding hydrogens is 304 g/mol. The van der Waals surface area contributed by atoms with E-state index in [0.29, 0.717) is 18.4 Å². The van der Waals surface area contributed by atoms with Crippen molar-refractivity contribution >= 4 is 23.3 Å². The first-order chi connectivity index (χ1) is 9.79. The summed E-state index contributed by atoms with van der Waals surface area (Å²) in [5.41, 5.74) is 0.459. The van der Waals surface area contributed by atoms with Gasteiger partial charge in [-0.05, 0) is 48.7 Å². The third-order valence-electron chi connectivity index (χ3n) is 3.55. The number of phenols is 1. The summed E-state index contributed by atoms with van der Waals surface area (Å²) >= 11 is 4.71. The Labute approximate surface area is 125 Å². The second kappa shape index (κ2) is 5.97. The minimum absolute atomic E-state index is 0.0660. The number of benzene rings is 1. The van der Waals surface area contributed by atoms with Gasteiger partial charge in [0.25, 0.3) is 0 Å². The third-order valence-corrected chi connectivity index (χ3v) is 3.71. The van der Waals surface area contributed by atoms with E-state index in [0.717, 1.165) is 4.90 Å². The molecule has 1 heterocycles. The van der Waals surface area contributed by atoms with Crippen molar-refractivity contribution < 1.29 is 23.5 Å². The summed E-state index contributed by atoms with van der Waals surface area (Å²) in [5.74, 6) is -1.78. The van der Waals surface area contributed by atoms with Crippen LogP contribution < -0.4 is 0 Å². The van der Waals surface area contributed by atoms with E-state index in [4.69, 9.17) is 11.6 Å². The molecule has 0 aliphatic carbocycles. The van der Waals surface area contributed by atoms with E-state index < -0.39 is 11.3 Å². The minimum atomic E-state index is -3.90. The lowest BCUT2D eigenvalue weighted by molar-refractivity contribution is -0.148. The van der Waals surface area contributed by atoms with Crippen LogP contribution in [0.1, 0.15) is 23.2 Å². The Morgan fingerprint density at radius 1 is 1.19 bits per heavy atom. The Kier molecular flexibility index (Phi) is 4.46. The lowest BCUT2D eigenvalue weighted by Crippen LogP contribution is -2.45. The lowest BCUT2D eigenvalue weighted by atomic mass is 9.89. The van der Waals surface area contributed by atoms with Crippen molar-refractivity contribution in [1.29, 1.82) is 0 Å². The minimum Gasteiger partial charge on any atom is -0.508 e. The molecular formula is C14H14ClF2NO3. The van der Waals surface area contributed by atoms with Gasteiger partial charge in [-0.25, -0.2) is 0 Å². The smallest absolute Gasteiger partial charge is 0.399 e. The molecule has 1 aromatic rings. The molecule has 114 valence electrons. The highest BCUT2D eigenvalue weighted by atomic mass is 35.5. The van der Waals surface area contributed by atoms with Crippen molar-refractivity contribution in [3.05, 3.63) is 29.8 Å². The number of hydrogen-bond donors (Lipinski definition) is 1. The molecule has 1 aliphatic rings. The van der Waals surface area contributed by atoms with Crippen LogP contribution in [0.3, 0.4) is 0 Å². The monoisotopic (exact) mass is 317 g/mol. The molecule has 21 heavy (non-hydrogen) atoms. The first kappa shape index (κ1) is 15.7. The Bertz CT molecular complexity index is 534. The van der Waals surface area contributed by atoms with Crippen molar-refractivity contribution in [2.24, 2.45) is 5.92 Å². The molecule has 1 N–H and O–H groups in total. The number of amides is 1. The molecule has 1 aromatic carbocycles. The summed E-state index contributed by atoms with van der Waals surface area (Å²) in [4.78, 5) is 24.5. The van der Waals surface area contributed by atoms with Gasteiger partial charge in [-0.1, -0.05) is 0 Å². The van der Waals surface area contributed by atoms with Crippen LogP contribution in [0, 0.1) is 5.92 Å². The van der Waals surface area contributed by atoms with E-state index in [1.807, 2.05) is 0 Å². The fraction of sp³-hybridized carbons (Fsp3) is 0.429. The Hall–Kier alpha value is -1.69. The van der Waals surface area contributed by atoms with Gasteiger partial charge in [0.1, 0.15) is 5.75 Å². The molecule has 1 fully saturated rings. The van der Waals surface area contributed by atoms with E-state index in [1.54, 1.807) is 0 Å². The van der Waals surface area contributed by atoms with Crippen molar-refractivity contribution in [2.45, 2.75) is 18.2 Å². The summed E-state index contributed by atoms with van der Waals surface area (Å²) in [5, 5.41) is 5.29. The number of nitrogens with zero attached hydrogens (tertiary/aromatic N) is 1. The predicted molar refractivity (Wildman–Crippen MR) is 72.5 cm³/mol. The maximum atomic E-state index is 12.7. The fourth-order valence-corrected chi connectivity index (χ4v) is 2.50. The zero-order chi connectivity index (χ0) is 15.6. The van der Waals surface area contributed by atoms with Crippen molar-refractivity contribution in [3.63, 3.8) is 0 Å². The van der Waals surface area contributed by atoms with Gasteiger partial charge in [-0.15, -0.1) is 0 Å². The number of Topliss-reactive ketones (excluding diaryl/α,β-unsaturated/α-hetero) is 1. The Morgan fingerprint density at radius 3 is 2.19 bits per heavy atom. The van der Waals surface area contributed by atoms with Crippen molar-refractivity contribution in [2.75, 3.05) is 13.1 Å². The maximum Gasteiger partial charge on any atom is 0.399 e. The number of phenolic OH excluding ortho intramolecular Hbond substituents is 1. The second-order valence-electron chi connectivity index (χ2n) is 4.98. The second-order valence-corrected chi connectivity index (χ2v) is 5.45. The molecule has 0 aromatic heterocycles. The first-order valence-corrected chi connectivity index (χ1v) is 6.86. The summed E-state index contributed by atoms with van der Waals surface area (Å²) in [6.07, 6.45) is 0.636. The van der Waals surface area contributed by atoms with Gasteiger partial charge in [0, 0.05) is 24.6 Å². The first-order valence-electron chi connectivity index (χ1n) is 6.48. The van der Waals surface area contributed by atoms with Gasteiger partial charge >= 0.3 is 11.3 Å². The van der Waals surface area contributed by atoms with Gasteiger partial charge in [-0.3, -0.25) is 9.59 Å². The number of alkyl halides is 3. The molecule has 0 radical (unpaired) electrons. The van der Waals surface area contributed by atoms with E-state index >= 15 is 0 Å². The predicted octanol–water partition coefficient (Wildman–Crippen LogP) is 2.65. The van der Waals surface area contributed by atoms with Crippen LogP contribution in [0.5, 0.6) is 5.75 Å². The number of piperidine rings is 1. The van der Waals surface area contributed by atoms with Crippen molar-refractivity contribution in [1.82, 2.24) is 4.90 Å². The Balaban J connectivity index is 1.96. The Morgan fingerprint density at radius 2 is 1.71 bits per heavy atom. The summed E-state index contributed by atoms with van der Waals surface area (Å²) in [6.45, 7) is 0.158. The summed E-state index contributed by atoms with van der Waals surface area (Å²) < 4.78 is 25.5. The van der Waals surface area contributed by atoms with E-state index in [-0.39, 0.29) is 30.5 Å². The zero-order valence-electron chi connectivity index (χ0n) is 11.1. The maximum absolute atomic E-state index is 12.7. The van der Waals surface area contributed by atoms with E-state index in [9.17, 15) is 23.5 Å². The number of hydrogen-bond acceptors (Lipinski definition) is 3. The average Bonchev–Trinajstić information content (AvgIpc) is 2.46.